The summed E-state index contributed by atoms with van der Waals surface area (Å²) in [7, 11) is 1.56. The first kappa shape index (κ1) is 22.2. The number of thioether (sulfide) groups is 1. The van der Waals surface area contributed by atoms with Gasteiger partial charge in [-0.1, -0.05) is 17.8 Å². The average molecular weight is 470 g/mol. The van der Waals surface area contributed by atoms with Gasteiger partial charge in [-0.05, 0) is 56.2 Å². The summed E-state index contributed by atoms with van der Waals surface area (Å²) in [6.07, 6.45) is 1.57. The highest BCUT2D eigenvalue weighted by molar-refractivity contribution is 7.99. The summed E-state index contributed by atoms with van der Waals surface area (Å²) in [6.45, 7) is 6.11. The van der Waals surface area contributed by atoms with Crippen molar-refractivity contribution >= 4 is 44.9 Å². The molecule has 166 valence electrons. The molecule has 0 aliphatic carbocycles. The van der Waals surface area contributed by atoms with Crippen molar-refractivity contribution in [3.63, 3.8) is 0 Å². The van der Waals surface area contributed by atoms with E-state index in [-0.39, 0.29) is 23.8 Å². The van der Waals surface area contributed by atoms with Crippen LogP contribution in [0.4, 0.5) is 5.69 Å². The smallest absolute Gasteiger partial charge is 0.263 e. The van der Waals surface area contributed by atoms with Crippen LogP contribution in [-0.2, 0) is 11.3 Å². The second-order valence-corrected chi connectivity index (χ2v) is 9.51. The molecule has 4 aromatic rings. The average Bonchev–Trinajstić information content (AvgIpc) is 3.37. The molecule has 0 fully saturated rings. The first-order valence-electron chi connectivity index (χ1n) is 9.97. The van der Waals surface area contributed by atoms with Crippen molar-refractivity contribution < 1.29 is 13.9 Å². The molecule has 7 nitrogen and oxygen atoms in total. The highest BCUT2D eigenvalue weighted by Crippen LogP contribution is 2.29. The number of ether oxygens (including phenoxy) is 1. The van der Waals surface area contributed by atoms with Gasteiger partial charge in [-0.25, -0.2) is 4.98 Å². The summed E-state index contributed by atoms with van der Waals surface area (Å²) in [5.74, 6) is 1.12. The molecule has 0 spiro atoms. The first-order chi connectivity index (χ1) is 15.4. The fourth-order valence-corrected chi connectivity index (χ4v) is 5.22. The number of fused-ring (bicyclic) bond motifs is 1. The second-order valence-electron chi connectivity index (χ2n) is 7.37. The van der Waals surface area contributed by atoms with Crippen molar-refractivity contribution in [3.05, 3.63) is 68.7 Å². The third-order valence-electron chi connectivity index (χ3n) is 5.11. The predicted octanol–water partition coefficient (Wildman–Crippen LogP) is 4.76. The molecule has 0 bridgehead atoms. The van der Waals surface area contributed by atoms with Crippen LogP contribution in [0.1, 0.15) is 21.8 Å². The SMILES string of the molecule is COc1ccc(C)cc1NC(=O)CSc1nc2sc(C)c(C)c2c(=O)n1Cc1ccco1. The number of nitrogens with one attached hydrogen (secondary N) is 1. The Morgan fingerprint density at radius 1 is 1.28 bits per heavy atom. The number of carbonyl (C=O) groups is 1. The summed E-state index contributed by atoms with van der Waals surface area (Å²) < 4.78 is 12.4. The lowest BCUT2D eigenvalue weighted by molar-refractivity contribution is -0.113. The van der Waals surface area contributed by atoms with Crippen LogP contribution in [0.3, 0.4) is 0 Å². The third kappa shape index (κ3) is 4.44. The van der Waals surface area contributed by atoms with E-state index in [1.807, 2.05) is 45.0 Å². The van der Waals surface area contributed by atoms with Gasteiger partial charge in [-0.3, -0.25) is 14.2 Å². The van der Waals surface area contributed by atoms with Gasteiger partial charge >= 0.3 is 0 Å². The molecule has 32 heavy (non-hydrogen) atoms. The van der Waals surface area contributed by atoms with E-state index in [0.29, 0.717) is 32.6 Å². The van der Waals surface area contributed by atoms with E-state index in [9.17, 15) is 9.59 Å². The number of hydrogen-bond donors (Lipinski definition) is 1. The summed E-state index contributed by atoms with van der Waals surface area (Å²) in [5.41, 5.74) is 2.43. The Balaban J connectivity index is 1.62. The number of aryl methyl sites for hydroxylation is 3. The first-order valence-corrected chi connectivity index (χ1v) is 11.8. The maximum Gasteiger partial charge on any atom is 0.263 e. The molecular weight excluding hydrogens is 446 g/mol. The molecular formula is C23H23N3O4S2. The molecule has 0 saturated heterocycles. The zero-order chi connectivity index (χ0) is 22.8. The standard InChI is InChI=1S/C23H23N3O4S2/c1-13-7-8-18(29-4)17(10-13)24-19(27)12-31-23-25-21-20(14(2)15(3)32-21)22(28)26(23)11-16-6-5-9-30-16/h5-10H,11-12H2,1-4H3,(H,24,27). The van der Waals surface area contributed by atoms with E-state index in [2.05, 4.69) is 5.32 Å². The monoisotopic (exact) mass is 469 g/mol. The molecule has 1 N–H and O–H groups in total. The van der Waals surface area contributed by atoms with Gasteiger partial charge < -0.3 is 14.5 Å². The maximum atomic E-state index is 13.3. The van der Waals surface area contributed by atoms with Crippen LogP contribution in [0, 0.1) is 20.8 Å². The molecule has 9 heteroatoms. The van der Waals surface area contributed by atoms with Crippen LogP contribution in [0.2, 0.25) is 0 Å². The minimum absolute atomic E-state index is 0.0938. The Bertz CT molecular complexity index is 1340. The van der Waals surface area contributed by atoms with Crippen LogP contribution in [0.5, 0.6) is 5.75 Å². The zero-order valence-electron chi connectivity index (χ0n) is 18.2. The Morgan fingerprint density at radius 3 is 2.81 bits per heavy atom. The Labute approximate surface area is 193 Å². The summed E-state index contributed by atoms with van der Waals surface area (Å²) in [4.78, 5) is 32.5. The van der Waals surface area contributed by atoms with E-state index in [0.717, 1.165) is 16.0 Å². The van der Waals surface area contributed by atoms with Crippen LogP contribution >= 0.6 is 23.1 Å². The van der Waals surface area contributed by atoms with Gasteiger partial charge in [0.05, 0.1) is 36.7 Å². The number of methoxy groups -OCH3 is 1. The van der Waals surface area contributed by atoms with Crippen LogP contribution < -0.4 is 15.6 Å². The van der Waals surface area contributed by atoms with Crippen molar-refractivity contribution in [1.82, 2.24) is 9.55 Å². The van der Waals surface area contributed by atoms with Gasteiger partial charge in [0.1, 0.15) is 16.3 Å². The number of nitrogens with zero attached hydrogens (tertiary/aromatic N) is 2. The van der Waals surface area contributed by atoms with Crippen molar-refractivity contribution in [1.29, 1.82) is 0 Å². The number of furan rings is 1. The molecule has 3 aromatic heterocycles. The number of benzene rings is 1. The number of aromatic nitrogens is 2. The minimum atomic E-state index is -0.212. The van der Waals surface area contributed by atoms with Gasteiger partial charge in [-0.2, -0.15) is 0 Å². The van der Waals surface area contributed by atoms with E-state index in [1.54, 1.807) is 24.0 Å². The number of anilines is 1. The van der Waals surface area contributed by atoms with Crippen molar-refractivity contribution in [2.75, 3.05) is 18.2 Å². The van der Waals surface area contributed by atoms with Crippen LogP contribution in [0.25, 0.3) is 10.2 Å². The molecule has 0 aliphatic heterocycles. The molecule has 0 saturated carbocycles. The lowest BCUT2D eigenvalue weighted by Crippen LogP contribution is -2.24. The third-order valence-corrected chi connectivity index (χ3v) is 7.19. The molecule has 1 amide bonds. The number of thiophene rings is 1. The lowest BCUT2D eigenvalue weighted by Gasteiger charge is -2.13. The van der Waals surface area contributed by atoms with E-state index < -0.39 is 0 Å². The zero-order valence-corrected chi connectivity index (χ0v) is 19.9. The lowest BCUT2D eigenvalue weighted by atomic mass is 10.2. The highest BCUT2D eigenvalue weighted by Gasteiger charge is 2.19. The maximum absolute atomic E-state index is 13.3. The summed E-state index contributed by atoms with van der Waals surface area (Å²) >= 11 is 2.71. The Kier molecular flexibility index (Phi) is 6.38. The van der Waals surface area contributed by atoms with Gasteiger partial charge in [0.25, 0.3) is 5.56 Å². The number of rotatable bonds is 7. The van der Waals surface area contributed by atoms with Crippen LogP contribution in [-0.4, -0.2) is 28.3 Å². The normalized spacial score (nSPS) is 11.1. The summed E-state index contributed by atoms with van der Waals surface area (Å²) in [5, 5.41) is 3.99. The molecule has 1 aromatic carbocycles. The van der Waals surface area contributed by atoms with Gasteiger partial charge in [0.15, 0.2) is 5.16 Å². The van der Waals surface area contributed by atoms with Crippen molar-refractivity contribution in [2.45, 2.75) is 32.5 Å². The fourth-order valence-electron chi connectivity index (χ4n) is 3.35. The Hall–Kier alpha value is -3.04. The fraction of sp³-hybridized carbons (Fsp3) is 0.261. The quantitative estimate of drug-likeness (QED) is 0.310. The van der Waals surface area contributed by atoms with Gasteiger partial charge in [-0.15, -0.1) is 11.3 Å². The molecule has 3 heterocycles. The largest absolute Gasteiger partial charge is 0.495 e. The van der Waals surface area contributed by atoms with E-state index in [4.69, 9.17) is 14.1 Å². The molecule has 0 atom stereocenters. The number of amides is 1. The second kappa shape index (κ2) is 9.22. The topological polar surface area (TPSA) is 86.4 Å². The molecule has 4 rings (SSSR count). The van der Waals surface area contributed by atoms with Crippen molar-refractivity contribution in [2.24, 2.45) is 0 Å². The number of carbonyl (C=O) groups excluding carboxylic acids is 1. The van der Waals surface area contributed by atoms with Crippen LogP contribution in [0.15, 0.2) is 51.0 Å². The molecule has 0 unspecified atom stereocenters. The van der Waals surface area contributed by atoms with Gasteiger partial charge in [0.2, 0.25) is 5.91 Å². The number of hydrogen-bond acceptors (Lipinski definition) is 7. The van der Waals surface area contributed by atoms with Gasteiger partial charge in [0, 0.05) is 4.88 Å². The molecule has 0 radical (unpaired) electrons. The Morgan fingerprint density at radius 2 is 2.09 bits per heavy atom. The minimum Gasteiger partial charge on any atom is -0.495 e. The summed E-state index contributed by atoms with van der Waals surface area (Å²) in [6, 6.07) is 9.18. The van der Waals surface area contributed by atoms with E-state index in [1.165, 1.54) is 23.1 Å². The predicted molar refractivity (Wildman–Crippen MR) is 128 cm³/mol. The molecule has 0 aliphatic rings. The van der Waals surface area contributed by atoms with E-state index >= 15 is 0 Å². The van der Waals surface area contributed by atoms with Crippen molar-refractivity contribution in [3.8, 4) is 5.75 Å². The highest BCUT2D eigenvalue weighted by atomic mass is 32.2.